The molecule has 0 amide bonds. The number of rotatable bonds is 5. The van der Waals surface area contributed by atoms with Crippen molar-refractivity contribution in [3.05, 3.63) is 59.8 Å². The molecule has 2 aromatic heterocycles. The molecule has 8 rings (SSSR count). The number of alkyl halides is 1. The highest BCUT2D eigenvalue weighted by atomic mass is 19.1. The van der Waals surface area contributed by atoms with Gasteiger partial charge in [0.25, 0.3) is 0 Å². The first-order valence-electron chi connectivity index (χ1n) is 15.1. The van der Waals surface area contributed by atoms with Crippen LogP contribution in [0, 0.1) is 24.0 Å². The van der Waals surface area contributed by atoms with E-state index >= 15 is 4.39 Å². The van der Waals surface area contributed by atoms with Gasteiger partial charge in [0.15, 0.2) is 5.82 Å². The van der Waals surface area contributed by atoms with Gasteiger partial charge in [0.05, 0.1) is 16.8 Å². The minimum atomic E-state index is -0.871. The fraction of sp³-hybridized carbons (Fsp3) is 0.412. The van der Waals surface area contributed by atoms with Gasteiger partial charge in [-0.25, -0.2) is 18.2 Å². The van der Waals surface area contributed by atoms with Gasteiger partial charge in [0, 0.05) is 66.7 Å². The first-order valence-corrected chi connectivity index (χ1v) is 15.1. The van der Waals surface area contributed by atoms with E-state index in [1.54, 1.807) is 24.4 Å². The van der Waals surface area contributed by atoms with Crippen molar-refractivity contribution in [2.45, 2.75) is 55.9 Å². The number of fused-ring (bicyclic) bond motifs is 5. The van der Waals surface area contributed by atoms with Crippen LogP contribution in [-0.2, 0) is 0 Å². The maximum absolute atomic E-state index is 16.7. The highest BCUT2D eigenvalue weighted by molar-refractivity contribution is 6.02. The summed E-state index contributed by atoms with van der Waals surface area (Å²) in [5, 5.41) is 5.37. The summed E-state index contributed by atoms with van der Waals surface area (Å²) in [7, 11) is 0. The van der Waals surface area contributed by atoms with Crippen LogP contribution in [0.25, 0.3) is 32.9 Å². The number of piperazine rings is 1. The molecule has 4 aliphatic rings. The predicted octanol–water partition coefficient (Wildman–Crippen LogP) is 5.61. The van der Waals surface area contributed by atoms with Gasteiger partial charge in [-0.1, -0.05) is 30.2 Å². The average Bonchev–Trinajstić information content (AvgIpc) is 3.66. The van der Waals surface area contributed by atoms with Gasteiger partial charge in [-0.3, -0.25) is 9.88 Å². The SMILES string of the molecule is C#Cc1c(F)ccc2cccc(-c3ncc4c(N5CC6CCC(C5)N6)cc(OC[C@@]56CCCN5C[C@H](F)C6)nc4c3F)c12. The Morgan fingerprint density at radius 3 is 2.77 bits per heavy atom. The summed E-state index contributed by atoms with van der Waals surface area (Å²) in [6, 6.07) is 10.9. The van der Waals surface area contributed by atoms with Crippen molar-refractivity contribution in [1.29, 1.82) is 0 Å². The smallest absolute Gasteiger partial charge is 0.216 e. The van der Waals surface area contributed by atoms with E-state index < -0.39 is 17.8 Å². The van der Waals surface area contributed by atoms with Crippen molar-refractivity contribution < 1.29 is 17.9 Å². The number of hydrogen-bond acceptors (Lipinski definition) is 6. The second-order valence-electron chi connectivity index (χ2n) is 12.5. The number of nitrogens with zero attached hydrogens (tertiary/aromatic N) is 4. The molecule has 4 aromatic rings. The Hall–Kier alpha value is -3.87. The predicted molar refractivity (Wildman–Crippen MR) is 161 cm³/mol. The first kappa shape index (κ1) is 26.7. The number of terminal acetylenes is 1. The van der Waals surface area contributed by atoms with Crippen molar-refractivity contribution in [3.63, 3.8) is 0 Å². The molecule has 4 atom stereocenters. The monoisotopic (exact) mass is 583 g/mol. The summed E-state index contributed by atoms with van der Waals surface area (Å²) in [6.45, 7) is 3.16. The van der Waals surface area contributed by atoms with E-state index in [1.165, 1.54) is 6.07 Å². The molecule has 0 saturated carbocycles. The molecular formula is C34H32F3N5O. The zero-order valence-electron chi connectivity index (χ0n) is 23.8. The minimum absolute atomic E-state index is 0.0489. The van der Waals surface area contributed by atoms with Crippen molar-refractivity contribution in [2.75, 3.05) is 37.7 Å². The molecule has 2 unspecified atom stereocenters. The number of aromatic nitrogens is 2. The van der Waals surface area contributed by atoms with Crippen LogP contribution in [0.15, 0.2) is 42.6 Å². The normalized spacial score (nSPS) is 26.7. The Bertz CT molecular complexity index is 1800. The van der Waals surface area contributed by atoms with E-state index in [-0.39, 0.29) is 22.3 Å². The molecule has 4 aliphatic heterocycles. The molecule has 9 heteroatoms. The van der Waals surface area contributed by atoms with Crippen molar-refractivity contribution >= 4 is 27.4 Å². The Morgan fingerprint density at radius 1 is 1.12 bits per heavy atom. The lowest BCUT2D eigenvalue weighted by Crippen LogP contribution is -2.51. The Morgan fingerprint density at radius 2 is 1.95 bits per heavy atom. The molecule has 2 aromatic carbocycles. The molecule has 4 saturated heterocycles. The van der Waals surface area contributed by atoms with Crippen LogP contribution in [0.4, 0.5) is 18.9 Å². The van der Waals surface area contributed by atoms with Gasteiger partial charge < -0.3 is 15.0 Å². The highest BCUT2D eigenvalue weighted by Crippen LogP contribution is 2.42. The molecule has 6 heterocycles. The quantitative estimate of drug-likeness (QED) is 0.309. The molecule has 6 nitrogen and oxygen atoms in total. The number of nitrogens with one attached hydrogen (secondary N) is 1. The third kappa shape index (κ3) is 4.34. The molecule has 220 valence electrons. The molecule has 0 radical (unpaired) electrons. The van der Waals surface area contributed by atoms with Gasteiger partial charge in [-0.05, 0) is 43.7 Å². The first-order chi connectivity index (χ1) is 20.9. The number of hydrogen-bond donors (Lipinski definition) is 1. The topological polar surface area (TPSA) is 53.5 Å². The summed E-state index contributed by atoms with van der Waals surface area (Å²) in [6.07, 6.45) is 11.0. The third-order valence-electron chi connectivity index (χ3n) is 9.95. The van der Waals surface area contributed by atoms with Gasteiger partial charge >= 0.3 is 0 Å². The largest absolute Gasteiger partial charge is 0.476 e. The van der Waals surface area contributed by atoms with Crippen LogP contribution in [0.2, 0.25) is 0 Å². The Balaban J connectivity index is 1.26. The van der Waals surface area contributed by atoms with Crippen LogP contribution in [0.1, 0.15) is 37.7 Å². The highest BCUT2D eigenvalue weighted by Gasteiger charge is 2.49. The molecule has 0 aliphatic carbocycles. The summed E-state index contributed by atoms with van der Waals surface area (Å²) in [4.78, 5) is 13.8. The van der Waals surface area contributed by atoms with Gasteiger partial charge in [-0.15, -0.1) is 6.42 Å². The molecule has 43 heavy (non-hydrogen) atoms. The van der Waals surface area contributed by atoms with E-state index in [1.807, 2.05) is 12.1 Å². The van der Waals surface area contributed by atoms with Crippen LogP contribution in [-0.4, -0.2) is 71.4 Å². The lowest BCUT2D eigenvalue weighted by atomic mass is 9.95. The van der Waals surface area contributed by atoms with Crippen molar-refractivity contribution in [3.8, 4) is 29.5 Å². The standard InChI is InChI=1S/C34H32F3N5O/c1-2-24-27(36)10-7-20-5-3-6-25(30(20)24)32-31(37)33-26(15-38-32)28(41-17-22-8-9-23(18-41)39-22)13-29(40-33)43-19-34-11-4-12-42(34)16-21(35)14-34/h1,3,5-7,10,13,15,21-23,39H,4,8-9,11-12,14,16-19H2/t21-,22?,23?,34+/m1/s1. The van der Waals surface area contributed by atoms with E-state index in [9.17, 15) is 8.78 Å². The third-order valence-corrected chi connectivity index (χ3v) is 9.95. The fourth-order valence-corrected chi connectivity index (χ4v) is 7.98. The van der Waals surface area contributed by atoms with Crippen LogP contribution in [0.5, 0.6) is 5.88 Å². The average molecular weight is 584 g/mol. The van der Waals surface area contributed by atoms with Crippen LogP contribution >= 0.6 is 0 Å². The second-order valence-corrected chi connectivity index (χ2v) is 12.5. The molecule has 0 spiro atoms. The van der Waals surface area contributed by atoms with Crippen molar-refractivity contribution in [2.24, 2.45) is 0 Å². The maximum Gasteiger partial charge on any atom is 0.216 e. The number of pyridine rings is 2. The molecule has 1 N–H and O–H groups in total. The van der Waals surface area contributed by atoms with E-state index in [0.29, 0.717) is 59.3 Å². The second kappa shape index (κ2) is 10.1. The lowest BCUT2D eigenvalue weighted by Gasteiger charge is -2.35. The number of benzene rings is 2. The molecule has 4 fully saturated rings. The zero-order valence-corrected chi connectivity index (χ0v) is 23.8. The minimum Gasteiger partial charge on any atom is -0.476 e. The summed E-state index contributed by atoms with van der Waals surface area (Å²) in [5.74, 6) is 1.58. The Labute approximate surface area is 248 Å². The maximum atomic E-state index is 16.7. The zero-order chi connectivity index (χ0) is 29.3. The van der Waals surface area contributed by atoms with Crippen molar-refractivity contribution in [1.82, 2.24) is 20.2 Å². The van der Waals surface area contributed by atoms with Gasteiger partial charge in [0.2, 0.25) is 5.88 Å². The lowest BCUT2D eigenvalue weighted by molar-refractivity contribution is 0.111. The van der Waals surface area contributed by atoms with E-state index in [4.69, 9.17) is 16.1 Å². The summed E-state index contributed by atoms with van der Waals surface area (Å²) >= 11 is 0. The number of halogens is 3. The summed E-state index contributed by atoms with van der Waals surface area (Å²) in [5.41, 5.74) is 1.12. The number of ether oxygens (including phenoxy) is 1. The van der Waals surface area contributed by atoms with Gasteiger partial charge in [-0.2, -0.15) is 0 Å². The molecular weight excluding hydrogens is 551 g/mol. The van der Waals surface area contributed by atoms with Crippen LogP contribution < -0.4 is 15.0 Å². The van der Waals surface area contributed by atoms with E-state index in [0.717, 1.165) is 51.0 Å². The summed E-state index contributed by atoms with van der Waals surface area (Å²) < 4.78 is 52.2. The Kier molecular flexibility index (Phi) is 6.28. The number of anilines is 1. The van der Waals surface area contributed by atoms with E-state index in [2.05, 4.69) is 26.0 Å². The fourth-order valence-electron chi connectivity index (χ4n) is 7.98. The van der Waals surface area contributed by atoms with Crippen LogP contribution in [0.3, 0.4) is 0 Å². The molecule has 2 bridgehead atoms. The van der Waals surface area contributed by atoms with Gasteiger partial charge in [0.1, 0.15) is 29.8 Å².